The maximum absolute atomic E-state index is 13.4. The van der Waals surface area contributed by atoms with Gasteiger partial charge in [0.1, 0.15) is 5.82 Å². The van der Waals surface area contributed by atoms with E-state index in [1.54, 1.807) is 0 Å². The molecule has 0 radical (unpaired) electrons. The molecule has 1 heterocycles. The summed E-state index contributed by atoms with van der Waals surface area (Å²) >= 11 is 0. The van der Waals surface area contributed by atoms with Crippen molar-refractivity contribution in [2.75, 3.05) is 6.54 Å². The molecule has 1 N–H and O–H groups in total. The van der Waals surface area contributed by atoms with Crippen molar-refractivity contribution in [3.05, 3.63) is 35.1 Å². The number of piperidine rings is 1. The monoisotopic (exact) mass is 247 g/mol. The molecule has 1 aromatic carbocycles. The first-order valence-electron chi connectivity index (χ1n) is 5.59. The lowest BCUT2D eigenvalue weighted by molar-refractivity contribution is -0.140. The summed E-state index contributed by atoms with van der Waals surface area (Å²) in [5, 5.41) is 3.01. The highest BCUT2D eigenvalue weighted by Gasteiger charge is 2.38. The normalized spacial score (nSPS) is 21.5. The summed E-state index contributed by atoms with van der Waals surface area (Å²) in [6, 6.07) is 3.15. The van der Waals surface area contributed by atoms with E-state index in [0.29, 0.717) is 13.0 Å². The molecule has 1 atom stereocenters. The highest BCUT2D eigenvalue weighted by atomic mass is 19.4. The first-order valence-corrected chi connectivity index (χ1v) is 5.59. The molecule has 94 valence electrons. The Bertz CT molecular complexity index is 394. The van der Waals surface area contributed by atoms with Gasteiger partial charge < -0.3 is 5.32 Å². The molecule has 1 aliphatic heterocycles. The van der Waals surface area contributed by atoms with E-state index in [4.69, 9.17) is 0 Å². The molecule has 0 spiro atoms. The van der Waals surface area contributed by atoms with Crippen molar-refractivity contribution >= 4 is 0 Å². The Morgan fingerprint density at radius 1 is 1.18 bits per heavy atom. The molecule has 1 aliphatic rings. The predicted molar refractivity (Wildman–Crippen MR) is 56.0 cm³/mol. The Kier molecular flexibility index (Phi) is 3.38. The Morgan fingerprint density at radius 2 is 1.94 bits per heavy atom. The first-order chi connectivity index (χ1) is 8.00. The van der Waals surface area contributed by atoms with Crippen molar-refractivity contribution < 1.29 is 17.6 Å². The van der Waals surface area contributed by atoms with Crippen LogP contribution in [0.15, 0.2) is 18.2 Å². The maximum atomic E-state index is 13.4. The molecule has 1 nitrogen and oxygen atoms in total. The lowest BCUT2D eigenvalue weighted by Gasteiger charge is -2.26. The van der Waals surface area contributed by atoms with E-state index in [2.05, 4.69) is 5.32 Å². The molecule has 2 rings (SSSR count). The molecule has 0 aliphatic carbocycles. The molecule has 1 unspecified atom stereocenters. The number of benzene rings is 1. The number of halogens is 4. The predicted octanol–water partition coefficient (Wildman–Crippen LogP) is 3.66. The minimum absolute atomic E-state index is 0.0252. The van der Waals surface area contributed by atoms with Crippen LogP contribution in [-0.4, -0.2) is 6.54 Å². The third-order valence-electron chi connectivity index (χ3n) is 3.02. The van der Waals surface area contributed by atoms with Crippen LogP contribution < -0.4 is 5.32 Å². The van der Waals surface area contributed by atoms with Gasteiger partial charge in [0.05, 0.1) is 5.56 Å². The van der Waals surface area contributed by atoms with E-state index in [0.717, 1.165) is 18.9 Å². The smallest absolute Gasteiger partial charge is 0.310 e. The van der Waals surface area contributed by atoms with Gasteiger partial charge in [0.2, 0.25) is 0 Å². The van der Waals surface area contributed by atoms with Crippen molar-refractivity contribution in [1.82, 2.24) is 5.32 Å². The maximum Gasteiger partial charge on any atom is 0.419 e. The SMILES string of the molecule is Fc1cccc(C2CCCCN2)c1C(F)(F)F. The second kappa shape index (κ2) is 4.64. The molecule has 17 heavy (non-hydrogen) atoms. The topological polar surface area (TPSA) is 12.0 Å². The standard InChI is InChI=1S/C12H13F4N/c13-9-5-3-4-8(11(9)12(14,15)16)10-6-1-2-7-17-10/h3-5,10,17H,1-2,6-7H2. The second-order valence-corrected chi connectivity index (χ2v) is 4.20. The lowest BCUT2D eigenvalue weighted by atomic mass is 9.93. The Hall–Kier alpha value is -1.10. The van der Waals surface area contributed by atoms with E-state index >= 15 is 0 Å². The number of rotatable bonds is 1. The summed E-state index contributed by atoms with van der Waals surface area (Å²) in [5.41, 5.74) is -1.10. The first kappa shape index (κ1) is 12.4. The van der Waals surface area contributed by atoms with E-state index in [-0.39, 0.29) is 5.56 Å². The van der Waals surface area contributed by atoms with Crippen LogP contribution in [0.4, 0.5) is 17.6 Å². The van der Waals surface area contributed by atoms with Gasteiger partial charge in [-0.1, -0.05) is 18.6 Å². The zero-order valence-corrected chi connectivity index (χ0v) is 9.15. The second-order valence-electron chi connectivity index (χ2n) is 4.20. The van der Waals surface area contributed by atoms with Gasteiger partial charge in [-0.15, -0.1) is 0 Å². The van der Waals surface area contributed by atoms with Crippen LogP contribution in [0.1, 0.15) is 36.4 Å². The quantitative estimate of drug-likeness (QED) is 0.747. The van der Waals surface area contributed by atoms with Crippen LogP contribution in [-0.2, 0) is 6.18 Å². The van der Waals surface area contributed by atoms with E-state index in [1.165, 1.54) is 12.1 Å². The minimum Gasteiger partial charge on any atom is -0.310 e. The summed E-state index contributed by atoms with van der Waals surface area (Å²) in [5.74, 6) is -1.19. The molecule has 1 saturated heterocycles. The average molecular weight is 247 g/mol. The van der Waals surface area contributed by atoms with Gasteiger partial charge in [-0.3, -0.25) is 0 Å². The van der Waals surface area contributed by atoms with Crippen LogP contribution in [0, 0.1) is 5.82 Å². The largest absolute Gasteiger partial charge is 0.419 e. The molecular weight excluding hydrogens is 234 g/mol. The summed E-state index contributed by atoms with van der Waals surface area (Å²) in [6.45, 7) is 0.679. The fourth-order valence-corrected chi connectivity index (χ4v) is 2.25. The summed E-state index contributed by atoms with van der Waals surface area (Å²) in [7, 11) is 0. The highest BCUT2D eigenvalue weighted by Crippen LogP contribution is 2.38. The minimum atomic E-state index is -4.64. The van der Waals surface area contributed by atoms with E-state index in [1.807, 2.05) is 0 Å². The number of hydrogen-bond acceptors (Lipinski definition) is 1. The molecule has 1 fully saturated rings. The number of alkyl halides is 3. The van der Waals surface area contributed by atoms with Crippen LogP contribution in [0.3, 0.4) is 0 Å². The van der Waals surface area contributed by atoms with Crippen LogP contribution in [0.25, 0.3) is 0 Å². The molecule has 5 heteroatoms. The number of nitrogens with one attached hydrogen (secondary N) is 1. The van der Waals surface area contributed by atoms with Gasteiger partial charge in [0.25, 0.3) is 0 Å². The summed E-state index contributed by atoms with van der Waals surface area (Å²) in [6.07, 6.45) is -2.20. The van der Waals surface area contributed by atoms with Gasteiger partial charge in [-0.2, -0.15) is 13.2 Å². The molecule has 0 amide bonds. The van der Waals surface area contributed by atoms with Crippen molar-refractivity contribution in [3.63, 3.8) is 0 Å². The van der Waals surface area contributed by atoms with Crippen molar-refractivity contribution in [2.45, 2.75) is 31.5 Å². The highest BCUT2D eigenvalue weighted by molar-refractivity contribution is 5.34. The zero-order chi connectivity index (χ0) is 12.5. The fourth-order valence-electron chi connectivity index (χ4n) is 2.25. The Labute approximate surface area is 96.8 Å². The lowest BCUT2D eigenvalue weighted by Crippen LogP contribution is -2.29. The number of hydrogen-bond donors (Lipinski definition) is 1. The molecule has 0 saturated carbocycles. The van der Waals surface area contributed by atoms with Gasteiger partial charge in [-0.05, 0) is 31.0 Å². The van der Waals surface area contributed by atoms with Crippen molar-refractivity contribution in [1.29, 1.82) is 0 Å². The molecular formula is C12H13F4N. The van der Waals surface area contributed by atoms with Crippen LogP contribution in [0.2, 0.25) is 0 Å². The van der Waals surface area contributed by atoms with Gasteiger partial charge >= 0.3 is 6.18 Å². The Balaban J connectivity index is 2.42. The summed E-state index contributed by atoms with van der Waals surface area (Å²) < 4.78 is 51.7. The van der Waals surface area contributed by atoms with Crippen LogP contribution in [0.5, 0.6) is 0 Å². The van der Waals surface area contributed by atoms with E-state index < -0.39 is 23.6 Å². The van der Waals surface area contributed by atoms with Crippen LogP contribution >= 0.6 is 0 Å². The van der Waals surface area contributed by atoms with Gasteiger partial charge in [0, 0.05) is 6.04 Å². The van der Waals surface area contributed by atoms with Gasteiger partial charge in [0.15, 0.2) is 0 Å². The third-order valence-corrected chi connectivity index (χ3v) is 3.02. The zero-order valence-electron chi connectivity index (χ0n) is 9.15. The van der Waals surface area contributed by atoms with E-state index in [9.17, 15) is 17.6 Å². The van der Waals surface area contributed by atoms with Gasteiger partial charge in [-0.25, -0.2) is 4.39 Å². The van der Waals surface area contributed by atoms with Crippen molar-refractivity contribution in [2.24, 2.45) is 0 Å². The summed E-state index contributed by atoms with van der Waals surface area (Å²) in [4.78, 5) is 0. The fraction of sp³-hybridized carbons (Fsp3) is 0.500. The average Bonchev–Trinajstić information content (AvgIpc) is 2.28. The third kappa shape index (κ3) is 2.60. The molecule has 0 bridgehead atoms. The molecule has 1 aromatic rings. The Morgan fingerprint density at radius 3 is 2.53 bits per heavy atom. The molecule has 0 aromatic heterocycles. The van der Waals surface area contributed by atoms with Crippen molar-refractivity contribution in [3.8, 4) is 0 Å².